The van der Waals surface area contributed by atoms with Crippen molar-refractivity contribution in [3.05, 3.63) is 51.2 Å². The molecule has 0 radical (unpaired) electrons. The van der Waals surface area contributed by atoms with E-state index in [1.165, 1.54) is 16.1 Å². The molecule has 0 aliphatic carbocycles. The van der Waals surface area contributed by atoms with Crippen LogP contribution in [0.2, 0.25) is 5.02 Å². The second-order valence-corrected chi connectivity index (χ2v) is 7.91. The van der Waals surface area contributed by atoms with Gasteiger partial charge >= 0.3 is 0 Å². The van der Waals surface area contributed by atoms with E-state index in [1.54, 1.807) is 11.3 Å². The summed E-state index contributed by atoms with van der Waals surface area (Å²) in [5.41, 5.74) is 2.43. The van der Waals surface area contributed by atoms with Crippen molar-refractivity contribution in [1.82, 2.24) is 10.2 Å². The van der Waals surface area contributed by atoms with Crippen molar-refractivity contribution < 1.29 is 4.79 Å². The molecule has 2 aromatic rings. The highest BCUT2D eigenvalue weighted by Gasteiger charge is 2.21. The minimum Gasteiger partial charge on any atom is -0.369 e. The number of hydrogen-bond donors (Lipinski definition) is 1. The molecule has 0 spiro atoms. The van der Waals surface area contributed by atoms with Crippen LogP contribution in [0.1, 0.15) is 23.4 Å². The average molecular weight is 378 g/mol. The highest BCUT2D eigenvalue weighted by molar-refractivity contribution is 7.10. The van der Waals surface area contributed by atoms with Crippen molar-refractivity contribution in [1.29, 1.82) is 0 Å². The normalized spacial score (nSPS) is 16.7. The summed E-state index contributed by atoms with van der Waals surface area (Å²) in [6.45, 7) is 8.18. The SMILES string of the molecule is Cc1ccc(Cl)cc1N1CCN(CC(=O)N[C@@H](C)c2cccs2)CC1. The Bertz CT molecular complexity index is 711. The molecule has 1 aliphatic heterocycles. The van der Waals surface area contributed by atoms with Crippen LogP contribution in [0.3, 0.4) is 0 Å². The van der Waals surface area contributed by atoms with Gasteiger partial charge in [0.1, 0.15) is 0 Å². The van der Waals surface area contributed by atoms with Gasteiger partial charge in [0, 0.05) is 41.8 Å². The summed E-state index contributed by atoms with van der Waals surface area (Å²) >= 11 is 7.81. The van der Waals surface area contributed by atoms with Crippen LogP contribution < -0.4 is 10.2 Å². The molecular formula is C19H24ClN3OS. The summed E-state index contributed by atoms with van der Waals surface area (Å²) in [6, 6.07) is 10.2. The number of benzene rings is 1. The molecule has 134 valence electrons. The first-order chi connectivity index (χ1) is 12.0. The summed E-state index contributed by atoms with van der Waals surface area (Å²) in [7, 11) is 0. The van der Waals surface area contributed by atoms with Gasteiger partial charge in [-0.15, -0.1) is 11.3 Å². The number of carbonyl (C=O) groups excluding carboxylic acids is 1. The molecule has 6 heteroatoms. The van der Waals surface area contributed by atoms with E-state index < -0.39 is 0 Å². The van der Waals surface area contributed by atoms with Gasteiger partial charge in [-0.2, -0.15) is 0 Å². The molecule has 1 saturated heterocycles. The van der Waals surface area contributed by atoms with Gasteiger partial charge in [-0.25, -0.2) is 0 Å². The van der Waals surface area contributed by atoms with E-state index in [0.717, 1.165) is 31.2 Å². The quantitative estimate of drug-likeness (QED) is 0.862. The lowest BCUT2D eigenvalue weighted by atomic mass is 10.1. The maximum Gasteiger partial charge on any atom is 0.234 e. The number of piperazine rings is 1. The molecule has 2 heterocycles. The Morgan fingerprint density at radius 2 is 2.04 bits per heavy atom. The Kier molecular flexibility index (Phi) is 5.99. The van der Waals surface area contributed by atoms with Gasteiger partial charge in [-0.05, 0) is 43.0 Å². The number of nitrogens with one attached hydrogen (secondary N) is 1. The zero-order valence-corrected chi connectivity index (χ0v) is 16.2. The topological polar surface area (TPSA) is 35.6 Å². The third-order valence-corrected chi connectivity index (χ3v) is 5.89. The lowest BCUT2D eigenvalue weighted by Gasteiger charge is -2.36. The van der Waals surface area contributed by atoms with Gasteiger partial charge in [0.2, 0.25) is 5.91 Å². The van der Waals surface area contributed by atoms with E-state index in [9.17, 15) is 4.79 Å². The number of anilines is 1. The van der Waals surface area contributed by atoms with Crippen LogP contribution >= 0.6 is 22.9 Å². The molecule has 0 saturated carbocycles. The molecule has 0 unspecified atom stereocenters. The Morgan fingerprint density at radius 1 is 1.28 bits per heavy atom. The van der Waals surface area contributed by atoms with Gasteiger partial charge in [-0.3, -0.25) is 9.69 Å². The maximum atomic E-state index is 12.3. The van der Waals surface area contributed by atoms with Crippen molar-refractivity contribution in [2.45, 2.75) is 19.9 Å². The highest BCUT2D eigenvalue weighted by Crippen LogP contribution is 2.25. The molecule has 1 N–H and O–H groups in total. The van der Waals surface area contributed by atoms with Crippen LogP contribution in [0.4, 0.5) is 5.69 Å². The Hall–Kier alpha value is -1.56. The molecular weight excluding hydrogens is 354 g/mol. The number of amides is 1. The van der Waals surface area contributed by atoms with Gasteiger partial charge < -0.3 is 10.2 Å². The first-order valence-corrected chi connectivity index (χ1v) is 9.85. The van der Waals surface area contributed by atoms with Gasteiger partial charge in [0.05, 0.1) is 12.6 Å². The summed E-state index contributed by atoms with van der Waals surface area (Å²) in [6.07, 6.45) is 0. The predicted molar refractivity (Wildman–Crippen MR) is 106 cm³/mol. The Morgan fingerprint density at radius 3 is 2.72 bits per heavy atom. The van der Waals surface area contributed by atoms with E-state index in [0.29, 0.717) is 6.54 Å². The fourth-order valence-electron chi connectivity index (χ4n) is 3.17. The highest BCUT2D eigenvalue weighted by atomic mass is 35.5. The molecule has 1 fully saturated rings. The van der Waals surface area contributed by atoms with Gasteiger partial charge in [0.25, 0.3) is 0 Å². The minimum absolute atomic E-state index is 0.0721. The van der Waals surface area contributed by atoms with Crippen LogP contribution in [-0.4, -0.2) is 43.5 Å². The van der Waals surface area contributed by atoms with Crippen LogP contribution in [-0.2, 0) is 4.79 Å². The third-order valence-electron chi connectivity index (χ3n) is 4.60. The van der Waals surface area contributed by atoms with Crippen molar-refractivity contribution in [2.24, 2.45) is 0 Å². The van der Waals surface area contributed by atoms with Gasteiger partial charge in [0.15, 0.2) is 0 Å². The molecule has 1 aromatic heterocycles. The lowest BCUT2D eigenvalue weighted by molar-refractivity contribution is -0.122. The average Bonchev–Trinajstić information content (AvgIpc) is 3.12. The van der Waals surface area contributed by atoms with Crippen molar-refractivity contribution in [2.75, 3.05) is 37.6 Å². The summed E-state index contributed by atoms with van der Waals surface area (Å²) in [5, 5.41) is 5.89. The molecule has 1 aromatic carbocycles. The molecule has 1 amide bonds. The monoisotopic (exact) mass is 377 g/mol. The predicted octanol–water partition coefficient (Wildman–Crippen LogP) is 3.71. The number of thiophene rings is 1. The van der Waals surface area contributed by atoms with Crippen LogP contribution in [0.5, 0.6) is 0 Å². The van der Waals surface area contributed by atoms with Crippen LogP contribution in [0.15, 0.2) is 35.7 Å². The number of aryl methyl sites for hydroxylation is 1. The third kappa shape index (κ3) is 4.75. The van der Waals surface area contributed by atoms with Crippen molar-refractivity contribution in [3.8, 4) is 0 Å². The first-order valence-electron chi connectivity index (χ1n) is 8.59. The van der Waals surface area contributed by atoms with E-state index in [1.807, 2.05) is 30.5 Å². The minimum atomic E-state index is 0.0721. The number of hydrogen-bond acceptors (Lipinski definition) is 4. The number of nitrogens with zero attached hydrogens (tertiary/aromatic N) is 2. The van der Waals surface area contributed by atoms with Gasteiger partial charge in [-0.1, -0.05) is 23.7 Å². The van der Waals surface area contributed by atoms with Crippen LogP contribution in [0, 0.1) is 6.92 Å². The molecule has 3 rings (SSSR count). The molecule has 1 atom stereocenters. The second kappa shape index (κ2) is 8.21. The summed E-state index contributed by atoms with van der Waals surface area (Å²) < 4.78 is 0. The lowest BCUT2D eigenvalue weighted by Crippen LogP contribution is -2.49. The number of carbonyl (C=O) groups is 1. The second-order valence-electron chi connectivity index (χ2n) is 6.50. The van der Waals surface area contributed by atoms with E-state index >= 15 is 0 Å². The standard InChI is InChI=1S/C19H24ClN3OS/c1-14-5-6-16(20)12-17(14)23-9-7-22(8-10-23)13-19(24)21-15(2)18-4-3-11-25-18/h3-6,11-12,15H,7-10,13H2,1-2H3,(H,21,24)/t15-/m0/s1. The number of rotatable bonds is 5. The van der Waals surface area contributed by atoms with E-state index in [2.05, 4.69) is 34.2 Å². The zero-order chi connectivity index (χ0) is 17.8. The molecule has 25 heavy (non-hydrogen) atoms. The molecule has 4 nitrogen and oxygen atoms in total. The fourth-order valence-corrected chi connectivity index (χ4v) is 4.07. The molecule has 0 bridgehead atoms. The van der Waals surface area contributed by atoms with E-state index in [4.69, 9.17) is 11.6 Å². The first kappa shape index (κ1) is 18.2. The molecule has 1 aliphatic rings. The van der Waals surface area contributed by atoms with E-state index in [-0.39, 0.29) is 11.9 Å². The number of halogens is 1. The largest absolute Gasteiger partial charge is 0.369 e. The fraction of sp³-hybridized carbons (Fsp3) is 0.421. The smallest absolute Gasteiger partial charge is 0.234 e. The maximum absolute atomic E-state index is 12.3. The van der Waals surface area contributed by atoms with Crippen molar-refractivity contribution >= 4 is 34.5 Å². The Labute approximate surface area is 158 Å². The summed E-state index contributed by atoms with van der Waals surface area (Å²) in [5.74, 6) is 0.0910. The summed E-state index contributed by atoms with van der Waals surface area (Å²) in [4.78, 5) is 18.0. The van der Waals surface area contributed by atoms with Crippen molar-refractivity contribution in [3.63, 3.8) is 0 Å². The zero-order valence-electron chi connectivity index (χ0n) is 14.7. The van der Waals surface area contributed by atoms with Crippen LogP contribution in [0.25, 0.3) is 0 Å². The Balaban J connectivity index is 1.49.